The standard InChI is InChI=1S/C8H11N3OS/c9-8(13)11(4-5-12)7-2-1-3-10-6-7/h1-3,6,12H,4-5H2,(H2,9,13). The topological polar surface area (TPSA) is 62.4 Å². The number of hydrogen-bond acceptors (Lipinski definition) is 3. The summed E-state index contributed by atoms with van der Waals surface area (Å²) in [4.78, 5) is 5.56. The number of anilines is 1. The Labute approximate surface area is 82.0 Å². The highest BCUT2D eigenvalue weighted by atomic mass is 32.1. The Kier molecular flexibility index (Phi) is 3.60. The number of aromatic nitrogens is 1. The van der Waals surface area contributed by atoms with Gasteiger partial charge in [0.25, 0.3) is 0 Å². The van der Waals surface area contributed by atoms with Crippen LogP contribution in [0.25, 0.3) is 0 Å². The van der Waals surface area contributed by atoms with Crippen molar-refractivity contribution in [1.82, 2.24) is 4.98 Å². The fraction of sp³-hybridized carbons (Fsp3) is 0.250. The average molecular weight is 197 g/mol. The lowest BCUT2D eigenvalue weighted by Crippen LogP contribution is -2.37. The highest BCUT2D eigenvalue weighted by Gasteiger charge is 2.07. The maximum absolute atomic E-state index is 8.77. The molecular weight excluding hydrogens is 186 g/mol. The van der Waals surface area contributed by atoms with Gasteiger partial charge in [0.1, 0.15) is 0 Å². The molecule has 1 rings (SSSR count). The number of pyridine rings is 1. The van der Waals surface area contributed by atoms with E-state index in [9.17, 15) is 0 Å². The van der Waals surface area contributed by atoms with Gasteiger partial charge in [-0.25, -0.2) is 0 Å². The van der Waals surface area contributed by atoms with Crippen molar-refractivity contribution in [3.63, 3.8) is 0 Å². The molecule has 1 aromatic rings. The van der Waals surface area contributed by atoms with Crippen molar-refractivity contribution < 1.29 is 5.11 Å². The summed E-state index contributed by atoms with van der Waals surface area (Å²) in [6, 6.07) is 3.62. The first-order chi connectivity index (χ1) is 6.25. The fourth-order valence-corrected chi connectivity index (χ4v) is 1.18. The normalized spacial score (nSPS) is 9.62. The Morgan fingerprint density at radius 3 is 2.92 bits per heavy atom. The molecule has 0 unspecified atom stereocenters. The molecule has 0 saturated carbocycles. The molecule has 0 amide bonds. The first kappa shape index (κ1) is 9.88. The van der Waals surface area contributed by atoms with Crippen LogP contribution >= 0.6 is 12.2 Å². The van der Waals surface area contributed by atoms with Crippen LogP contribution in [0.4, 0.5) is 5.69 Å². The number of nitrogens with two attached hydrogens (primary N) is 1. The van der Waals surface area contributed by atoms with Crippen LogP contribution in [0.2, 0.25) is 0 Å². The Morgan fingerprint density at radius 2 is 2.46 bits per heavy atom. The van der Waals surface area contributed by atoms with Gasteiger partial charge in [0, 0.05) is 12.7 Å². The largest absolute Gasteiger partial charge is 0.395 e. The zero-order valence-corrected chi connectivity index (χ0v) is 7.87. The third-order valence-corrected chi connectivity index (χ3v) is 1.77. The number of aliphatic hydroxyl groups is 1. The Hall–Kier alpha value is -1.20. The van der Waals surface area contributed by atoms with Crippen LogP contribution in [0.1, 0.15) is 0 Å². The van der Waals surface area contributed by atoms with E-state index in [1.54, 1.807) is 23.4 Å². The minimum Gasteiger partial charge on any atom is -0.395 e. The Balaban J connectivity index is 2.82. The van der Waals surface area contributed by atoms with Crippen LogP contribution in [0.15, 0.2) is 24.5 Å². The van der Waals surface area contributed by atoms with Gasteiger partial charge in [0.15, 0.2) is 5.11 Å². The van der Waals surface area contributed by atoms with E-state index in [1.165, 1.54) is 0 Å². The number of nitrogens with zero attached hydrogens (tertiary/aromatic N) is 2. The molecule has 0 radical (unpaired) electrons. The second kappa shape index (κ2) is 4.74. The predicted octanol–water partition coefficient (Wildman–Crippen LogP) is 0.124. The maximum Gasteiger partial charge on any atom is 0.170 e. The predicted molar refractivity (Wildman–Crippen MR) is 55.5 cm³/mol. The van der Waals surface area contributed by atoms with Crippen molar-refractivity contribution in [2.45, 2.75) is 0 Å². The quantitative estimate of drug-likeness (QED) is 0.674. The smallest absolute Gasteiger partial charge is 0.170 e. The lowest BCUT2D eigenvalue weighted by Gasteiger charge is -2.20. The van der Waals surface area contributed by atoms with E-state index in [1.807, 2.05) is 6.07 Å². The van der Waals surface area contributed by atoms with Crippen LogP contribution in [0.5, 0.6) is 0 Å². The summed E-state index contributed by atoms with van der Waals surface area (Å²) < 4.78 is 0. The van der Waals surface area contributed by atoms with Gasteiger partial charge in [-0.1, -0.05) is 0 Å². The van der Waals surface area contributed by atoms with Crippen molar-refractivity contribution in [2.24, 2.45) is 5.73 Å². The number of thiocarbonyl (C=S) groups is 1. The molecule has 0 saturated heterocycles. The number of aliphatic hydroxyl groups excluding tert-OH is 1. The number of rotatable bonds is 3. The lowest BCUT2D eigenvalue weighted by molar-refractivity contribution is 0.306. The minimum absolute atomic E-state index is 0.00618. The van der Waals surface area contributed by atoms with Gasteiger partial charge in [0.2, 0.25) is 0 Å². The van der Waals surface area contributed by atoms with Crippen LogP contribution in [0, 0.1) is 0 Å². The summed E-state index contributed by atoms with van der Waals surface area (Å²) in [7, 11) is 0. The molecule has 1 aromatic heterocycles. The zero-order chi connectivity index (χ0) is 9.68. The molecule has 3 N–H and O–H groups in total. The second-order valence-electron chi connectivity index (χ2n) is 2.42. The van der Waals surface area contributed by atoms with Gasteiger partial charge in [-0.3, -0.25) is 4.98 Å². The van der Waals surface area contributed by atoms with Gasteiger partial charge in [-0.2, -0.15) is 0 Å². The highest BCUT2D eigenvalue weighted by Crippen LogP contribution is 2.10. The lowest BCUT2D eigenvalue weighted by atomic mass is 10.4. The van der Waals surface area contributed by atoms with Crippen molar-refractivity contribution >= 4 is 23.0 Å². The molecule has 13 heavy (non-hydrogen) atoms. The van der Waals surface area contributed by atoms with E-state index in [2.05, 4.69) is 4.98 Å². The van der Waals surface area contributed by atoms with E-state index in [0.29, 0.717) is 6.54 Å². The van der Waals surface area contributed by atoms with E-state index in [4.69, 9.17) is 23.1 Å². The van der Waals surface area contributed by atoms with E-state index in [0.717, 1.165) is 5.69 Å². The molecule has 0 spiro atoms. The van der Waals surface area contributed by atoms with E-state index >= 15 is 0 Å². The van der Waals surface area contributed by atoms with Crippen LogP contribution in [0.3, 0.4) is 0 Å². The summed E-state index contributed by atoms with van der Waals surface area (Å²) in [6.07, 6.45) is 3.31. The first-order valence-electron chi connectivity index (χ1n) is 3.83. The van der Waals surface area contributed by atoms with E-state index < -0.39 is 0 Å². The summed E-state index contributed by atoms with van der Waals surface area (Å²) in [6.45, 7) is 0.396. The van der Waals surface area contributed by atoms with Crippen molar-refractivity contribution in [1.29, 1.82) is 0 Å². The minimum atomic E-state index is 0.00618. The highest BCUT2D eigenvalue weighted by molar-refractivity contribution is 7.80. The zero-order valence-electron chi connectivity index (χ0n) is 7.05. The molecule has 0 aliphatic rings. The summed E-state index contributed by atoms with van der Waals surface area (Å²) in [5.74, 6) is 0. The summed E-state index contributed by atoms with van der Waals surface area (Å²) in [5.41, 5.74) is 6.27. The molecule has 1 heterocycles. The molecule has 0 aliphatic carbocycles. The first-order valence-corrected chi connectivity index (χ1v) is 4.24. The third kappa shape index (κ3) is 2.64. The Bertz CT molecular complexity index is 278. The second-order valence-corrected chi connectivity index (χ2v) is 2.84. The maximum atomic E-state index is 8.77. The molecule has 70 valence electrons. The SMILES string of the molecule is NC(=S)N(CCO)c1cccnc1. The molecule has 0 bridgehead atoms. The van der Waals surface area contributed by atoms with E-state index in [-0.39, 0.29) is 11.7 Å². The molecule has 0 fully saturated rings. The van der Waals surface area contributed by atoms with Gasteiger partial charge in [0.05, 0.1) is 18.5 Å². The van der Waals surface area contributed by atoms with Gasteiger partial charge in [-0.15, -0.1) is 0 Å². The molecular formula is C8H11N3OS. The molecule has 5 heteroatoms. The van der Waals surface area contributed by atoms with Gasteiger partial charge >= 0.3 is 0 Å². The summed E-state index contributed by atoms with van der Waals surface area (Å²) in [5, 5.41) is 9.01. The molecule has 0 atom stereocenters. The number of hydrogen-bond donors (Lipinski definition) is 2. The molecule has 4 nitrogen and oxygen atoms in total. The van der Waals surface area contributed by atoms with Gasteiger partial charge in [-0.05, 0) is 24.4 Å². The van der Waals surface area contributed by atoms with Crippen molar-refractivity contribution in [3.8, 4) is 0 Å². The fourth-order valence-electron chi connectivity index (χ4n) is 0.980. The van der Waals surface area contributed by atoms with Crippen LogP contribution < -0.4 is 10.6 Å². The van der Waals surface area contributed by atoms with Crippen LogP contribution in [-0.2, 0) is 0 Å². The van der Waals surface area contributed by atoms with Crippen molar-refractivity contribution in [2.75, 3.05) is 18.1 Å². The molecule has 0 aliphatic heterocycles. The molecule has 0 aromatic carbocycles. The average Bonchev–Trinajstić information content (AvgIpc) is 2.15. The van der Waals surface area contributed by atoms with Crippen molar-refractivity contribution in [3.05, 3.63) is 24.5 Å². The Morgan fingerprint density at radius 1 is 1.69 bits per heavy atom. The van der Waals surface area contributed by atoms with Gasteiger partial charge < -0.3 is 15.7 Å². The summed E-state index contributed by atoms with van der Waals surface area (Å²) >= 11 is 4.83. The monoisotopic (exact) mass is 197 g/mol. The van der Waals surface area contributed by atoms with Crippen LogP contribution in [-0.4, -0.2) is 28.4 Å². The third-order valence-electron chi connectivity index (χ3n) is 1.55.